The van der Waals surface area contributed by atoms with Crippen molar-refractivity contribution in [2.75, 3.05) is 31.9 Å². The first-order valence-electron chi connectivity index (χ1n) is 12.2. The van der Waals surface area contributed by atoms with Crippen molar-refractivity contribution in [2.24, 2.45) is 0 Å². The maximum atomic E-state index is 15.3. The number of aromatic nitrogens is 2. The molecule has 2 N–H and O–H groups in total. The molecule has 186 valence electrons. The number of hydrogen-bond donors (Lipinski definition) is 1. The van der Waals surface area contributed by atoms with E-state index in [4.69, 9.17) is 5.73 Å². The number of pyridine rings is 2. The number of benzene rings is 1. The van der Waals surface area contributed by atoms with Crippen LogP contribution in [0.15, 0.2) is 48.8 Å². The quantitative estimate of drug-likeness (QED) is 0.557. The molecular weight excluding hydrogens is 453 g/mol. The van der Waals surface area contributed by atoms with E-state index in [9.17, 15) is 4.79 Å². The van der Waals surface area contributed by atoms with Crippen molar-refractivity contribution in [2.45, 2.75) is 39.7 Å². The number of carbonyl (C=O) groups excluding carboxylic acids is 1. The van der Waals surface area contributed by atoms with Crippen LogP contribution in [0.5, 0.6) is 0 Å². The predicted octanol–water partition coefficient (Wildman–Crippen LogP) is 4.38. The van der Waals surface area contributed by atoms with E-state index in [1.54, 1.807) is 41.6 Å². The Hall–Kier alpha value is -3.76. The van der Waals surface area contributed by atoms with Crippen LogP contribution in [0.4, 0.5) is 10.2 Å². The summed E-state index contributed by atoms with van der Waals surface area (Å²) in [6.45, 7) is 11.2. The SMILES string of the molecule is CCc1nccc(-c2ccc(C(=O)N3CCN(C(C)(C)C)CC3)c(F)c2)c1C#Cc1ccc(N)nc1. The highest BCUT2D eigenvalue weighted by Gasteiger charge is 2.29. The minimum Gasteiger partial charge on any atom is -0.384 e. The normalized spacial score (nSPS) is 14.3. The molecule has 1 aromatic carbocycles. The highest BCUT2D eigenvalue weighted by Crippen LogP contribution is 2.28. The van der Waals surface area contributed by atoms with Gasteiger partial charge in [-0.15, -0.1) is 0 Å². The number of halogens is 1. The molecule has 4 rings (SSSR count). The fourth-order valence-electron chi connectivity index (χ4n) is 4.37. The number of nitrogen functional groups attached to an aromatic ring is 1. The smallest absolute Gasteiger partial charge is 0.256 e. The second-order valence-corrected chi connectivity index (χ2v) is 9.90. The van der Waals surface area contributed by atoms with Crippen molar-refractivity contribution in [1.82, 2.24) is 19.8 Å². The number of anilines is 1. The predicted molar refractivity (Wildman–Crippen MR) is 141 cm³/mol. The summed E-state index contributed by atoms with van der Waals surface area (Å²) in [4.78, 5) is 25.7. The van der Waals surface area contributed by atoms with Gasteiger partial charge in [-0.25, -0.2) is 9.37 Å². The Balaban J connectivity index is 1.61. The fourth-order valence-corrected chi connectivity index (χ4v) is 4.37. The first-order chi connectivity index (χ1) is 17.2. The van der Waals surface area contributed by atoms with E-state index in [0.29, 0.717) is 30.9 Å². The van der Waals surface area contributed by atoms with Gasteiger partial charge in [-0.1, -0.05) is 24.8 Å². The molecule has 0 aliphatic carbocycles. The largest absolute Gasteiger partial charge is 0.384 e. The number of nitrogens with zero attached hydrogens (tertiary/aromatic N) is 4. The zero-order chi connectivity index (χ0) is 25.9. The third kappa shape index (κ3) is 5.55. The van der Waals surface area contributed by atoms with Crippen LogP contribution in [0.1, 0.15) is 54.9 Å². The number of aryl methyl sites for hydroxylation is 1. The molecule has 0 atom stereocenters. The van der Waals surface area contributed by atoms with Gasteiger partial charge < -0.3 is 10.6 Å². The van der Waals surface area contributed by atoms with Crippen LogP contribution >= 0.6 is 0 Å². The van der Waals surface area contributed by atoms with Gasteiger partial charge in [0.05, 0.1) is 16.8 Å². The van der Waals surface area contributed by atoms with E-state index in [0.717, 1.165) is 35.5 Å². The molecule has 1 saturated heterocycles. The molecule has 2 aromatic heterocycles. The molecule has 1 aliphatic rings. The topological polar surface area (TPSA) is 75.4 Å². The Morgan fingerprint density at radius 2 is 1.81 bits per heavy atom. The summed E-state index contributed by atoms with van der Waals surface area (Å²) in [6, 6.07) is 10.1. The highest BCUT2D eigenvalue weighted by molar-refractivity contribution is 5.95. The minimum absolute atomic E-state index is 0.0505. The molecule has 0 bridgehead atoms. The van der Waals surface area contributed by atoms with Crippen LogP contribution in [-0.2, 0) is 6.42 Å². The van der Waals surface area contributed by atoms with Crippen molar-refractivity contribution < 1.29 is 9.18 Å². The van der Waals surface area contributed by atoms with Crippen molar-refractivity contribution in [3.8, 4) is 23.0 Å². The molecule has 7 heteroatoms. The molecule has 0 saturated carbocycles. The van der Waals surface area contributed by atoms with Crippen LogP contribution in [0, 0.1) is 17.7 Å². The second-order valence-electron chi connectivity index (χ2n) is 9.90. The minimum atomic E-state index is -0.535. The molecule has 0 unspecified atom stereocenters. The standard InChI is InChI=1S/C29H32FN5O/c1-5-26-23(9-6-20-7-11-27(31)33-19-20)22(12-13-32-26)21-8-10-24(25(30)18-21)28(36)34-14-16-35(17-15-34)29(2,3)4/h7-8,10-13,18-19H,5,14-17H2,1-4H3,(H2,31,33). The average Bonchev–Trinajstić information content (AvgIpc) is 2.87. The summed E-state index contributed by atoms with van der Waals surface area (Å²) in [5.74, 6) is 5.93. The van der Waals surface area contributed by atoms with Crippen LogP contribution in [0.25, 0.3) is 11.1 Å². The van der Waals surface area contributed by atoms with Crippen molar-refractivity contribution in [3.63, 3.8) is 0 Å². The maximum absolute atomic E-state index is 15.3. The average molecular weight is 486 g/mol. The second kappa shape index (κ2) is 10.5. The summed E-state index contributed by atoms with van der Waals surface area (Å²) in [5, 5.41) is 0. The molecule has 1 amide bonds. The first kappa shape index (κ1) is 25.3. The molecule has 36 heavy (non-hydrogen) atoms. The van der Waals surface area contributed by atoms with Gasteiger partial charge in [0.1, 0.15) is 11.6 Å². The van der Waals surface area contributed by atoms with E-state index < -0.39 is 5.82 Å². The number of rotatable bonds is 3. The van der Waals surface area contributed by atoms with Crippen LogP contribution in [0.3, 0.4) is 0 Å². The fraction of sp³-hybridized carbons (Fsp3) is 0.345. The lowest BCUT2D eigenvalue weighted by molar-refractivity contribution is 0.0447. The number of amides is 1. The molecule has 1 aliphatic heterocycles. The van der Waals surface area contributed by atoms with Crippen LogP contribution in [0.2, 0.25) is 0 Å². The number of carbonyl (C=O) groups is 1. The molecule has 0 spiro atoms. The molecule has 3 aromatic rings. The summed E-state index contributed by atoms with van der Waals surface area (Å²) in [6.07, 6.45) is 4.00. The van der Waals surface area contributed by atoms with Crippen molar-refractivity contribution in [3.05, 3.63) is 77.0 Å². The summed E-state index contributed by atoms with van der Waals surface area (Å²) < 4.78 is 15.3. The molecular formula is C29H32FN5O. The lowest BCUT2D eigenvalue weighted by Crippen LogP contribution is -2.54. The van der Waals surface area contributed by atoms with Gasteiger partial charge >= 0.3 is 0 Å². The van der Waals surface area contributed by atoms with Gasteiger partial charge in [-0.05, 0) is 63.1 Å². The highest BCUT2D eigenvalue weighted by atomic mass is 19.1. The zero-order valence-corrected chi connectivity index (χ0v) is 21.3. The van der Waals surface area contributed by atoms with Gasteiger partial charge in [0.2, 0.25) is 0 Å². The third-order valence-corrected chi connectivity index (χ3v) is 6.51. The van der Waals surface area contributed by atoms with Crippen LogP contribution in [-0.4, -0.2) is 57.4 Å². The third-order valence-electron chi connectivity index (χ3n) is 6.51. The van der Waals surface area contributed by atoms with Gasteiger partial charge in [0, 0.05) is 55.2 Å². The van der Waals surface area contributed by atoms with E-state index >= 15 is 4.39 Å². The van der Waals surface area contributed by atoms with Gasteiger partial charge in [0.25, 0.3) is 5.91 Å². The Labute approximate surface area is 212 Å². The first-order valence-corrected chi connectivity index (χ1v) is 12.2. The van der Waals surface area contributed by atoms with E-state index in [2.05, 4.69) is 47.5 Å². The van der Waals surface area contributed by atoms with E-state index in [-0.39, 0.29) is 17.0 Å². The molecule has 6 nitrogen and oxygen atoms in total. The van der Waals surface area contributed by atoms with Crippen molar-refractivity contribution >= 4 is 11.7 Å². The van der Waals surface area contributed by atoms with Crippen LogP contribution < -0.4 is 5.73 Å². The van der Waals surface area contributed by atoms with E-state index in [1.165, 1.54) is 6.07 Å². The number of hydrogen-bond acceptors (Lipinski definition) is 5. The Bertz CT molecular complexity index is 1310. The maximum Gasteiger partial charge on any atom is 0.256 e. The summed E-state index contributed by atoms with van der Waals surface area (Å²) in [7, 11) is 0. The number of nitrogens with two attached hydrogens (primary N) is 1. The summed E-state index contributed by atoms with van der Waals surface area (Å²) in [5.41, 5.74) is 9.50. The molecule has 3 heterocycles. The molecule has 1 fully saturated rings. The summed E-state index contributed by atoms with van der Waals surface area (Å²) >= 11 is 0. The molecule has 0 radical (unpaired) electrons. The Kier molecular flexibility index (Phi) is 7.37. The van der Waals surface area contributed by atoms with Gasteiger partial charge in [-0.3, -0.25) is 14.7 Å². The Morgan fingerprint density at radius 1 is 1.06 bits per heavy atom. The Morgan fingerprint density at radius 3 is 2.42 bits per heavy atom. The van der Waals surface area contributed by atoms with Gasteiger partial charge in [0.15, 0.2) is 0 Å². The van der Waals surface area contributed by atoms with Gasteiger partial charge in [-0.2, -0.15) is 0 Å². The zero-order valence-electron chi connectivity index (χ0n) is 21.3. The lowest BCUT2D eigenvalue weighted by atomic mass is 9.96. The van der Waals surface area contributed by atoms with Crippen molar-refractivity contribution in [1.29, 1.82) is 0 Å². The lowest BCUT2D eigenvalue weighted by Gasteiger charge is -2.42. The van der Waals surface area contributed by atoms with E-state index in [1.807, 2.05) is 13.0 Å². The monoisotopic (exact) mass is 485 g/mol. The number of piperazine rings is 1.